The molecule has 4 heterocycles. The molecule has 0 aliphatic rings. The van der Waals surface area contributed by atoms with Crippen molar-refractivity contribution in [3.05, 3.63) is 87.4 Å². The summed E-state index contributed by atoms with van der Waals surface area (Å²) >= 11 is 0. The quantitative estimate of drug-likeness (QED) is 0.387. The van der Waals surface area contributed by atoms with Gasteiger partial charge in [-0.05, 0) is 23.8 Å². The zero-order chi connectivity index (χ0) is 24.5. The molecule has 1 aromatic carbocycles. The summed E-state index contributed by atoms with van der Waals surface area (Å²) in [6, 6.07) is 10.8. The number of benzene rings is 1. The van der Waals surface area contributed by atoms with Crippen LogP contribution >= 0.6 is 0 Å². The third-order valence-electron chi connectivity index (χ3n) is 5.57. The Morgan fingerprint density at radius 2 is 1.83 bits per heavy atom. The highest BCUT2D eigenvalue weighted by Gasteiger charge is 2.17. The smallest absolute Gasteiger partial charge is 0.332 e. The normalized spacial score (nSPS) is 11.1. The summed E-state index contributed by atoms with van der Waals surface area (Å²) in [6.07, 6.45) is 4.98. The third-order valence-corrected chi connectivity index (χ3v) is 5.57. The number of nitrogens with zero attached hydrogens (tertiary/aromatic N) is 7. The molecule has 0 atom stereocenters. The Morgan fingerprint density at radius 3 is 2.63 bits per heavy atom. The number of para-hydroxylation sites is 1. The Bertz CT molecular complexity index is 1660. The first-order valence-electron chi connectivity index (χ1n) is 10.6. The van der Waals surface area contributed by atoms with E-state index in [1.54, 1.807) is 36.7 Å². The van der Waals surface area contributed by atoms with E-state index in [0.717, 1.165) is 15.7 Å². The van der Waals surface area contributed by atoms with Gasteiger partial charge in [0.15, 0.2) is 11.2 Å². The number of amides is 1. The molecule has 5 rings (SSSR count). The predicted octanol–water partition coefficient (Wildman–Crippen LogP) is 1.11. The van der Waals surface area contributed by atoms with Crippen molar-refractivity contribution in [1.29, 1.82) is 0 Å². The molecule has 0 bridgehead atoms. The van der Waals surface area contributed by atoms with Crippen molar-refractivity contribution in [2.24, 2.45) is 14.1 Å². The SMILES string of the molecule is Cn1c(=O)c2c(ncn2CC(=O)Nc2ccccc2Cc2nc(-c3ccncc3)no2)n(C)c1=O. The fourth-order valence-corrected chi connectivity index (χ4v) is 3.77. The van der Waals surface area contributed by atoms with Crippen LogP contribution in [0.25, 0.3) is 22.6 Å². The fourth-order valence-electron chi connectivity index (χ4n) is 3.77. The number of aromatic nitrogens is 7. The molecule has 12 nitrogen and oxygen atoms in total. The van der Waals surface area contributed by atoms with Crippen molar-refractivity contribution in [2.75, 3.05) is 5.32 Å². The van der Waals surface area contributed by atoms with Gasteiger partial charge in [0.05, 0.1) is 12.7 Å². The van der Waals surface area contributed by atoms with Gasteiger partial charge in [0, 0.05) is 37.7 Å². The van der Waals surface area contributed by atoms with E-state index in [-0.39, 0.29) is 23.6 Å². The minimum absolute atomic E-state index is 0.162. The van der Waals surface area contributed by atoms with E-state index in [1.807, 2.05) is 12.1 Å². The molecule has 0 fully saturated rings. The van der Waals surface area contributed by atoms with Crippen molar-refractivity contribution in [2.45, 2.75) is 13.0 Å². The van der Waals surface area contributed by atoms with Gasteiger partial charge in [-0.15, -0.1) is 0 Å². The zero-order valence-corrected chi connectivity index (χ0v) is 18.9. The summed E-state index contributed by atoms with van der Waals surface area (Å²) in [7, 11) is 2.91. The van der Waals surface area contributed by atoms with Crippen LogP contribution in [0.4, 0.5) is 5.69 Å². The Labute approximate surface area is 197 Å². The number of aryl methyl sites for hydroxylation is 1. The minimum Gasteiger partial charge on any atom is -0.339 e. The summed E-state index contributed by atoms with van der Waals surface area (Å²) in [5.74, 6) is 0.478. The Kier molecular flexibility index (Phi) is 5.53. The molecule has 0 aliphatic carbocycles. The Balaban J connectivity index is 1.36. The second kappa shape index (κ2) is 8.82. The average Bonchev–Trinajstić information content (AvgIpc) is 3.51. The number of pyridine rings is 1. The number of nitrogens with one attached hydrogen (secondary N) is 1. The molecule has 176 valence electrons. The van der Waals surface area contributed by atoms with Crippen LogP contribution in [0.3, 0.4) is 0 Å². The van der Waals surface area contributed by atoms with E-state index < -0.39 is 11.2 Å². The van der Waals surface area contributed by atoms with Crippen LogP contribution in [0.1, 0.15) is 11.5 Å². The second-order valence-electron chi connectivity index (χ2n) is 7.88. The largest absolute Gasteiger partial charge is 0.339 e. The lowest BCUT2D eigenvalue weighted by Gasteiger charge is -2.11. The summed E-state index contributed by atoms with van der Waals surface area (Å²) in [4.78, 5) is 50.2. The molecule has 1 N–H and O–H groups in total. The first-order chi connectivity index (χ1) is 16.9. The Hall–Kier alpha value is -4.87. The van der Waals surface area contributed by atoms with Crippen LogP contribution in [0.2, 0.25) is 0 Å². The van der Waals surface area contributed by atoms with E-state index in [2.05, 4.69) is 25.4 Å². The van der Waals surface area contributed by atoms with Gasteiger partial charge in [-0.3, -0.25) is 23.7 Å². The molecule has 5 aromatic rings. The molecule has 4 aromatic heterocycles. The topological polar surface area (TPSA) is 143 Å². The highest BCUT2D eigenvalue weighted by Crippen LogP contribution is 2.21. The van der Waals surface area contributed by atoms with Crippen LogP contribution in [-0.4, -0.2) is 39.7 Å². The maximum absolute atomic E-state index is 12.9. The van der Waals surface area contributed by atoms with Gasteiger partial charge < -0.3 is 14.4 Å². The standard InChI is InChI=1S/C23H20N8O4/c1-29-21-19(22(33)30(2)23(29)34)31(13-25-21)12-17(32)26-16-6-4-3-5-15(16)11-18-27-20(28-35-18)14-7-9-24-10-8-14/h3-10,13H,11-12H2,1-2H3,(H,26,32). The second-order valence-corrected chi connectivity index (χ2v) is 7.88. The first kappa shape index (κ1) is 21.9. The van der Waals surface area contributed by atoms with Crippen molar-refractivity contribution in [3.8, 4) is 11.4 Å². The molecule has 0 unspecified atom stereocenters. The molecule has 0 saturated carbocycles. The average molecular weight is 472 g/mol. The van der Waals surface area contributed by atoms with E-state index in [9.17, 15) is 14.4 Å². The monoisotopic (exact) mass is 472 g/mol. The number of carbonyl (C=O) groups excluding carboxylic acids is 1. The van der Waals surface area contributed by atoms with Gasteiger partial charge in [0.25, 0.3) is 5.56 Å². The summed E-state index contributed by atoms with van der Waals surface area (Å²) in [5.41, 5.74) is 1.52. The molecule has 35 heavy (non-hydrogen) atoms. The van der Waals surface area contributed by atoms with Gasteiger partial charge >= 0.3 is 5.69 Å². The summed E-state index contributed by atoms with van der Waals surface area (Å²) in [5, 5.41) is 6.88. The number of fused-ring (bicyclic) bond motifs is 1. The van der Waals surface area contributed by atoms with Crippen LogP contribution < -0.4 is 16.6 Å². The molecule has 0 radical (unpaired) electrons. The number of imidazole rings is 1. The minimum atomic E-state index is -0.518. The van der Waals surface area contributed by atoms with E-state index in [4.69, 9.17) is 4.52 Å². The van der Waals surface area contributed by atoms with Gasteiger partial charge in [0.2, 0.25) is 17.6 Å². The molecule has 0 spiro atoms. The number of rotatable bonds is 6. The molecular weight excluding hydrogens is 452 g/mol. The summed E-state index contributed by atoms with van der Waals surface area (Å²) in [6.45, 7) is -0.162. The molecule has 1 amide bonds. The van der Waals surface area contributed by atoms with Gasteiger partial charge in [-0.25, -0.2) is 9.78 Å². The lowest BCUT2D eigenvalue weighted by molar-refractivity contribution is -0.116. The van der Waals surface area contributed by atoms with Crippen LogP contribution in [0.5, 0.6) is 0 Å². The van der Waals surface area contributed by atoms with Gasteiger partial charge in [-0.2, -0.15) is 4.98 Å². The van der Waals surface area contributed by atoms with Crippen LogP contribution in [0, 0.1) is 0 Å². The molecule has 12 heteroatoms. The highest BCUT2D eigenvalue weighted by molar-refractivity contribution is 5.92. The lowest BCUT2D eigenvalue weighted by Crippen LogP contribution is -2.37. The maximum Gasteiger partial charge on any atom is 0.332 e. The van der Waals surface area contributed by atoms with E-state index in [1.165, 1.54) is 29.6 Å². The van der Waals surface area contributed by atoms with Gasteiger partial charge in [0.1, 0.15) is 6.54 Å². The Morgan fingerprint density at radius 1 is 1.06 bits per heavy atom. The highest BCUT2D eigenvalue weighted by atomic mass is 16.5. The van der Waals surface area contributed by atoms with E-state index in [0.29, 0.717) is 23.8 Å². The van der Waals surface area contributed by atoms with Crippen molar-refractivity contribution >= 4 is 22.8 Å². The summed E-state index contributed by atoms with van der Waals surface area (Å²) < 4.78 is 9.07. The van der Waals surface area contributed by atoms with Crippen LogP contribution in [0.15, 0.2) is 69.2 Å². The predicted molar refractivity (Wildman–Crippen MR) is 126 cm³/mol. The van der Waals surface area contributed by atoms with Crippen molar-refractivity contribution in [3.63, 3.8) is 0 Å². The van der Waals surface area contributed by atoms with Crippen molar-refractivity contribution in [1.82, 2.24) is 33.8 Å². The van der Waals surface area contributed by atoms with Gasteiger partial charge in [-0.1, -0.05) is 23.4 Å². The number of carbonyl (C=O) groups is 1. The number of anilines is 1. The fraction of sp³-hybridized carbons (Fsp3) is 0.174. The van der Waals surface area contributed by atoms with Crippen LogP contribution in [-0.2, 0) is 31.9 Å². The number of hydrogen-bond donors (Lipinski definition) is 1. The maximum atomic E-state index is 12.9. The third kappa shape index (κ3) is 4.12. The van der Waals surface area contributed by atoms with E-state index >= 15 is 0 Å². The zero-order valence-electron chi connectivity index (χ0n) is 18.9. The molecular formula is C23H20N8O4. The molecule has 0 aliphatic heterocycles. The first-order valence-corrected chi connectivity index (χ1v) is 10.6. The lowest BCUT2D eigenvalue weighted by atomic mass is 10.1. The molecule has 0 saturated heterocycles. The van der Waals surface area contributed by atoms with Crippen molar-refractivity contribution < 1.29 is 9.32 Å². The number of hydrogen-bond acceptors (Lipinski definition) is 8.